The molecule has 0 bridgehead atoms. The second kappa shape index (κ2) is 7.74. The van der Waals surface area contributed by atoms with Gasteiger partial charge in [-0.25, -0.2) is 0 Å². The Morgan fingerprint density at radius 2 is 1.83 bits per heavy atom. The van der Waals surface area contributed by atoms with Gasteiger partial charge in [-0.3, -0.25) is 0 Å². The van der Waals surface area contributed by atoms with Crippen molar-refractivity contribution >= 4 is 18.0 Å². The fourth-order valence-corrected chi connectivity index (χ4v) is 2.90. The highest BCUT2D eigenvalue weighted by molar-refractivity contribution is 7.98. The smallest absolute Gasteiger partial charge is 0.195 e. The molecule has 0 aliphatic rings. The Bertz CT molecular complexity index is 763. The van der Waals surface area contributed by atoms with Crippen LogP contribution in [-0.4, -0.2) is 21.1 Å². The molecule has 116 valence electrons. The highest BCUT2D eigenvalue weighted by atomic mass is 32.2. The molecule has 5 heteroatoms. The number of hydrogen-bond acceptors (Lipinski definition) is 4. The van der Waals surface area contributed by atoms with Crippen molar-refractivity contribution in [1.82, 2.24) is 14.9 Å². The minimum atomic E-state index is 0.787. The minimum absolute atomic E-state index is 0.787. The topological polar surface area (TPSA) is 43.1 Å². The molecular weight excluding hydrogens is 304 g/mol. The molecule has 0 saturated carbocycles. The molecule has 23 heavy (non-hydrogen) atoms. The van der Waals surface area contributed by atoms with Crippen LogP contribution in [0.2, 0.25) is 0 Å². The van der Waals surface area contributed by atoms with Crippen LogP contribution in [0.4, 0.5) is 0 Å². The van der Waals surface area contributed by atoms with Gasteiger partial charge in [-0.2, -0.15) is 9.78 Å². The van der Waals surface area contributed by atoms with Gasteiger partial charge in [-0.05, 0) is 23.1 Å². The first kappa shape index (κ1) is 15.5. The average molecular weight is 322 g/mol. The number of hydrogen-bond donors (Lipinski definition) is 0. The first-order valence-corrected chi connectivity index (χ1v) is 8.54. The van der Waals surface area contributed by atoms with Crippen molar-refractivity contribution in [1.29, 1.82) is 0 Å². The summed E-state index contributed by atoms with van der Waals surface area (Å²) < 4.78 is 1.71. The molecule has 2 aromatic carbocycles. The van der Waals surface area contributed by atoms with Gasteiger partial charge in [0.05, 0.1) is 6.21 Å². The monoisotopic (exact) mass is 322 g/mol. The lowest BCUT2D eigenvalue weighted by molar-refractivity contribution is 0.767. The van der Waals surface area contributed by atoms with Crippen LogP contribution in [0, 0.1) is 0 Å². The van der Waals surface area contributed by atoms with E-state index in [9.17, 15) is 0 Å². The Balaban J connectivity index is 1.66. The van der Waals surface area contributed by atoms with Gasteiger partial charge in [0.2, 0.25) is 5.16 Å². The maximum Gasteiger partial charge on any atom is 0.212 e. The second-order valence-corrected chi connectivity index (χ2v) is 6.01. The summed E-state index contributed by atoms with van der Waals surface area (Å²) in [7, 11) is 0. The summed E-state index contributed by atoms with van der Waals surface area (Å²) in [5, 5.41) is 13.3. The number of aromatic nitrogens is 3. The normalized spacial score (nSPS) is 11.2. The largest absolute Gasteiger partial charge is 0.212 e. The van der Waals surface area contributed by atoms with Crippen molar-refractivity contribution in [3.63, 3.8) is 0 Å². The first-order valence-electron chi connectivity index (χ1n) is 7.55. The minimum Gasteiger partial charge on any atom is -0.195 e. The molecule has 0 aliphatic heterocycles. The van der Waals surface area contributed by atoms with Crippen molar-refractivity contribution in [3.05, 3.63) is 77.6 Å². The molecule has 0 N–H and O–H groups in total. The van der Waals surface area contributed by atoms with Gasteiger partial charge >= 0.3 is 0 Å². The van der Waals surface area contributed by atoms with Crippen LogP contribution in [0.1, 0.15) is 23.6 Å². The number of thioether (sulfide) groups is 1. The Kier molecular flexibility index (Phi) is 5.21. The van der Waals surface area contributed by atoms with Gasteiger partial charge in [0.15, 0.2) is 0 Å². The quantitative estimate of drug-likeness (QED) is 0.508. The maximum atomic E-state index is 4.45. The molecule has 0 aliphatic carbocycles. The van der Waals surface area contributed by atoms with E-state index in [4.69, 9.17) is 0 Å². The summed E-state index contributed by atoms with van der Waals surface area (Å²) in [6.07, 6.45) is 4.50. The summed E-state index contributed by atoms with van der Waals surface area (Å²) in [5.74, 6) is 0.847. The van der Waals surface area contributed by atoms with Crippen LogP contribution in [-0.2, 0) is 12.2 Å². The SMILES string of the molecule is CCc1ccc(/C=N\n2cnnc2SCc2ccccc2)cc1. The van der Waals surface area contributed by atoms with Crippen LogP contribution >= 0.6 is 11.8 Å². The van der Waals surface area contributed by atoms with Crippen molar-refractivity contribution < 1.29 is 0 Å². The zero-order chi connectivity index (χ0) is 15.9. The van der Waals surface area contributed by atoms with Crippen molar-refractivity contribution in [2.45, 2.75) is 24.3 Å². The van der Waals surface area contributed by atoms with E-state index >= 15 is 0 Å². The van der Waals surface area contributed by atoms with Crippen LogP contribution in [0.5, 0.6) is 0 Å². The molecule has 0 spiro atoms. The van der Waals surface area contributed by atoms with Gasteiger partial charge in [-0.1, -0.05) is 73.3 Å². The zero-order valence-electron chi connectivity index (χ0n) is 13.0. The molecule has 3 rings (SSSR count). The number of rotatable bonds is 6. The third-order valence-corrected chi connectivity index (χ3v) is 4.43. The third kappa shape index (κ3) is 4.29. The summed E-state index contributed by atoms with van der Waals surface area (Å²) in [6, 6.07) is 18.7. The Morgan fingerprint density at radius 1 is 1.04 bits per heavy atom. The molecule has 0 atom stereocenters. The molecule has 0 amide bonds. The lowest BCUT2D eigenvalue weighted by Gasteiger charge is -2.01. The lowest BCUT2D eigenvalue weighted by Crippen LogP contribution is -1.93. The Morgan fingerprint density at radius 3 is 2.57 bits per heavy atom. The third-order valence-electron chi connectivity index (χ3n) is 3.43. The molecule has 0 fully saturated rings. The van der Waals surface area contributed by atoms with Crippen LogP contribution < -0.4 is 0 Å². The van der Waals surface area contributed by atoms with Crippen molar-refractivity contribution in [3.8, 4) is 0 Å². The van der Waals surface area contributed by atoms with Crippen molar-refractivity contribution in [2.24, 2.45) is 5.10 Å². The van der Waals surface area contributed by atoms with Crippen molar-refractivity contribution in [2.75, 3.05) is 0 Å². The fraction of sp³-hybridized carbons (Fsp3) is 0.167. The Labute approximate surface area is 140 Å². The molecule has 4 nitrogen and oxygen atoms in total. The first-order chi connectivity index (χ1) is 11.3. The molecular formula is C18H18N4S. The van der Waals surface area contributed by atoms with Gasteiger partial charge in [0, 0.05) is 5.75 Å². The fourth-order valence-electron chi connectivity index (χ4n) is 2.08. The second-order valence-electron chi connectivity index (χ2n) is 5.07. The highest BCUT2D eigenvalue weighted by Crippen LogP contribution is 2.20. The number of aryl methyl sites for hydroxylation is 1. The highest BCUT2D eigenvalue weighted by Gasteiger charge is 2.04. The molecule has 1 aromatic heterocycles. The van der Waals surface area contributed by atoms with E-state index in [0.29, 0.717) is 0 Å². The van der Waals surface area contributed by atoms with E-state index in [1.54, 1.807) is 22.8 Å². The number of nitrogens with zero attached hydrogens (tertiary/aromatic N) is 4. The molecule has 1 heterocycles. The van der Waals surface area contributed by atoms with E-state index in [0.717, 1.165) is 22.9 Å². The molecule has 3 aromatic rings. The van der Waals surface area contributed by atoms with E-state index in [-0.39, 0.29) is 0 Å². The van der Waals surface area contributed by atoms with Gasteiger partial charge in [-0.15, -0.1) is 10.2 Å². The maximum absolute atomic E-state index is 4.45. The summed E-state index contributed by atoms with van der Waals surface area (Å²) in [5.41, 5.74) is 3.65. The predicted octanol–water partition coefficient (Wildman–Crippen LogP) is 4.02. The summed E-state index contributed by atoms with van der Waals surface area (Å²) >= 11 is 1.62. The van der Waals surface area contributed by atoms with Gasteiger partial charge < -0.3 is 0 Å². The Hall–Kier alpha value is -2.40. The van der Waals surface area contributed by atoms with E-state index < -0.39 is 0 Å². The van der Waals surface area contributed by atoms with E-state index in [1.165, 1.54) is 11.1 Å². The summed E-state index contributed by atoms with van der Waals surface area (Å²) in [4.78, 5) is 0. The molecule has 0 unspecified atom stereocenters. The van der Waals surface area contributed by atoms with E-state index in [1.807, 2.05) is 24.4 Å². The van der Waals surface area contributed by atoms with Gasteiger partial charge in [0.1, 0.15) is 6.33 Å². The van der Waals surface area contributed by atoms with Crippen LogP contribution in [0.3, 0.4) is 0 Å². The summed E-state index contributed by atoms with van der Waals surface area (Å²) in [6.45, 7) is 2.15. The average Bonchev–Trinajstić information content (AvgIpc) is 3.07. The standard InChI is InChI=1S/C18H18N4S/c1-2-15-8-10-16(11-9-15)12-20-22-14-19-21-18(22)23-13-17-6-4-3-5-7-17/h3-12,14H,2,13H2,1H3/b20-12-. The van der Waals surface area contributed by atoms with Crippen LogP contribution in [0.15, 0.2) is 71.2 Å². The van der Waals surface area contributed by atoms with Crippen LogP contribution in [0.25, 0.3) is 0 Å². The number of benzene rings is 2. The molecule has 0 saturated heterocycles. The lowest BCUT2D eigenvalue weighted by atomic mass is 10.1. The molecule has 0 radical (unpaired) electrons. The zero-order valence-corrected chi connectivity index (χ0v) is 13.8. The van der Waals surface area contributed by atoms with E-state index in [2.05, 4.69) is 58.6 Å². The predicted molar refractivity (Wildman–Crippen MR) is 94.8 cm³/mol. The van der Waals surface area contributed by atoms with Gasteiger partial charge in [0.25, 0.3) is 0 Å².